The molecule has 0 bridgehead atoms. The van der Waals surface area contributed by atoms with Gasteiger partial charge >= 0.3 is 5.97 Å². The molecule has 3 aromatic carbocycles. The second-order valence-electron chi connectivity index (χ2n) is 7.10. The maximum absolute atomic E-state index is 12.6. The number of carbonyl (C=O) groups is 2. The van der Waals surface area contributed by atoms with Crippen LogP contribution in [0.5, 0.6) is 11.5 Å². The van der Waals surface area contributed by atoms with Gasteiger partial charge in [-0.25, -0.2) is 4.79 Å². The van der Waals surface area contributed by atoms with Crippen LogP contribution >= 0.6 is 0 Å². The summed E-state index contributed by atoms with van der Waals surface area (Å²) in [6.07, 6.45) is -1.01. The van der Waals surface area contributed by atoms with Crippen LogP contribution in [0.1, 0.15) is 31.1 Å². The standard InChI is InChI=1S/C24H25NO5/c1-15(2)29-21-13-12-18(14-22(21)28-4)24(27)30-16(3)23(26)25-20-11-7-9-17-8-5-6-10-19(17)20/h5-16H,1-4H3,(H,25,26). The van der Waals surface area contributed by atoms with Crippen molar-refractivity contribution in [3.8, 4) is 11.5 Å². The Balaban J connectivity index is 1.69. The van der Waals surface area contributed by atoms with Crippen LogP contribution in [0.15, 0.2) is 60.7 Å². The van der Waals surface area contributed by atoms with Gasteiger partial charge in [0.05, 0.1) is 18.8 Å². The maximum atomic E-state index is 12.6. The van der Waals surface area contributed by atoms with Gasteiger partial charge in [0.15, 0.2) is 17.6 Å². The van der Waals surface area contributed by atoms with Gasteiger partial charge in [-0.15, -0.1) is 0 Å². The van der Waals surface area contributed by atoms with E-state index < -0.39 is 18.0 Å². The first-order chi connectivity index (χ1) is 14.4. The van der Waals surface area contributed by atoms with Gasteiger partial charge in [-0.2, -0.15) is 0 Å². The Labute approximate surface area is 175 Å². The monoisotopic (exact) mass is 407 g/mol. The number of benzene rings is 3. The summed E-state index contributed by atoms with van der Waals surface area (Å²) in [4.78, 5) is 25.1. The van der Waals surface area contributed by atoms with Gasteiger partial charge in [-0.05, 0) is 50.4 Å². The third kappa shape index (κ3) is 4.89. The summed E-state index contributed by atoms with van der Waals surface area (Å²) >= 11 is 0. The predicted octanol–water partition coefficient (Wildman–Crippen LogP) is 4.82. The zero-order valence-corrected chi connectivity index (χ0v) is 17.5. The summed E-state index contributed by atoms with van der Waals surface area (Å²) in [7, 11) is 1.50. The molecule has 0 heterocycles. The molecular weight excluding hydrogens is 382 g/mol. The summed E-state index contributed by atoms with van der Waals surface area (Å²) in [5, 5.41) is 4.76. The van der Waals surface area contributed by atoms with Crippen LogP contribution in [0.4, 0.5) is 5.69 Å². The zero-order chi connectivity index (χ0) is 21.7. The van der Waals surface area contributed by atoms with E-state index in [0.717, 1.165) is 10.8 Å². The fourth-order valence-electron chi connectivity index (χ4n) is 3.00. The van der Waals surface area contributed by atoms with E-state index in [-0.39, 0.29) is 11.7 Å². The number of amides is 1. The lowest BCUT2D eigenvalue weighted by molar-refractivity contribution is -0.123. The van der Waals surface area contributed by atoms with Crippen LogP contribution in [0.2, 0.25) is 0 Å². The number of anilines is 1. The molecule has 156 valence electrons. The van der Waals surface area contributed by atoms with Crippen molar-refractivity contribution in [2.75, 3.05) is 12.4 Å². The number of methoxy groups -OCH3 is 1. The Kier molecular flexibility index (Phi) is 6.57. The topological polar surface area (TPSA) is 73.9 Å². The van der Waals surface area contributed by atoms with Crippen molar-refractivity contribution in [3.63, 3.8) is 0 Å². The van der Waals surface area contributed by atoms with Crippen molar-refractivity contribution in [2.45, 2.75) is 33.0 Å². The van der Waals surface area contributed by atoms with Gasteiger partial charge in [-0.1, -0.05) is 36.4 Å². The second-order valence-corrected chi connectivity index (χ2v) is 7.10. The first-order valence-electron chi connectivity index (χ1n) is 9.73. The normalized spacial score (nSPS) is 11.8. The number of rotatable bonds is 7. The Hall–Kier alpha value is -3.54. The number of nitrogens with one attached hydrogen (secondary N) is 1. The quantitative estimate of drug-likeness (QED) is 0.569. The summed E-state index contributed by atoms with van der Waals surface area (Å²) in [6, 6.07) is 18.1. The molecule has 0 spiro atoms. The lowest BCUT2D eigenvalue weighted by atomic mass is 10.1. The van der Waals surface area contributed by atoms with Crippen molar-refractivity contribution in [2.24, 2.45) is 0 Å². The van der Waals surface area contributed by atoms with E-state index in [9.17, 15) is 9.59 Å². The molecule has 0 aliphatic carbocycles. The second kappa shape index (κ2) is 9.31. The average molecular weight is 407 g/mol. The lowest BCUT2D eigenvalue weighted by Gasteiger charge is -2.16. The Morgan fingerprint density at radius 2 is 1.63 bits per heavy atom. The minimum Gasteiger partial charge on any atom is -0.493 e. The van der Waals surface area contributed by atoms with Crippen LogP contribution in [0, 0.1) is 0 Å². The first kappa shape index (κ1) is 21.2. The number of carbonyl (C=O) groups excluding carboxylic acids is 2. The average Bonchev–Trinajstić information content (AvgIpc) is 2.73. The fraction of sp³-hybridized carbons (Fsp3) is 0.250. The Morgan fingerprint density at radius 1 is 0.900 bits per heavy atom. The molecule has 3 aromatic rings. The molecule has 1 N–H and O–H groups in total. The van der Waals surface area contributed by atoms with Crippen molar-refractivity contribution in [1.82, 2.24) is 0 Å². The Bertz CT molecular complexity index is 1060. The fourth-order valence-corrected chi connectivity index (χ4v) is 3.00. The molecule has 1 atom stereocenters. The summed E-state index contributed by atoms with van der Waals surface area (Å²) < 4.78 is 16.3. The number of fused-ring (bicyclic) bond motifs is 1. The molecule has 30 heavy (non-hydrogen) atoms. The summed E-state index contributed by atoms with van der Waals surface area (Å²) in [5.74, 6) is -0.0757. The van der Waals surface area contributed by atoms with Gasteiger partial charge in [-0.3, -0.25) is 4.79 Å². The molecule has 0 radical (unpaired) electrons. The van der Waals surface area contributed by atoms with Gasteiger partial charge < -0.3 is 19.5 Å². The number of hydrogen-bond donors (Lipinski definition) is 1. The minimum absolute atomic E-state index is 0.0329. The predicted molar refractivity (Wildman–Crippen MR) is 116 cm³/mol. The smallest absolute Gasteiger partial charge is 0.339 e. The van der Waals surface area contributed by atoms with E-state index in [4.69, 9.17) is 14.2 Å². The highest BCUT2D eigenvalue weighted by Crippen LogP contribution is 2.29. The van der Waals surface area contributed by atoms with E-state index in [1.807, 2.05) is 56.3 Å². The zero-order valence-electron chi connectivity index (χ0n) is 17.5. The Morgan fingerprint density at radius 3 is 2.37 bits per heavy atom. The summed E-state index contributed by atoms with van der Waals surface area (Å²) in [6.45, 7) is 5.33. The van der Waals surface area contributed by atoms with Crippen LogP contribution < -0.4 is 14.8 Å². The first-order valence-corrected chi connectivity index (χ1v) is 9.73. The molecule has 0 aliphatic rings. The van der Waals surface area contributed by atoms with Crippen molar-refractivity contribution in [1.29, 1.82) is 0 Å². The van der Waals surface area contributed by atoms with E-state index in [1.165, 1.54) is 20.1 Å². The van der Waals surface area contributed by atoms with Crippen LogP contribution in [0.25, 0.3) is 10.8 Å². The molecule has 0 aromatic heterocycles. The van der Waals surface area contributed by atoms with Crippen LogP contribution in [0.3, 0.4) is 0 Å². The molecule has 0 saturated heterocycles. The largest absolute Gasteiger partial charge is 0.493 e. The molecule has 0 saturated carbocycles. The molecule has 3 rings (SSSR count). The molecule has 1 unspecified atom stereocenters. The highest BCUT2D eigenvalue weighted by atomic mass is 16.5. The highest BCUT2D eigenvalue weighted by Gasteiger charge is 2.21. The van der Waals surface area contributed by atoms with E-state index in [0.29, 0.717) is 17.2 Å². The van der Waals surface area contributed by atoms with Crippen molar-refractivity contribution in [3.05, 3.63) is 66.2 Å². The number of ether oxygens (including phenoxy) is 3. The molecule has 1 amide bonds. The lowest BCUT2D eigenvalue weighted by Crippen LogP contribution is -2.30. The van der Waals surface area contributed by atoms with E-state index >= 15 is 0 Å². The molecule has 6 heteroatoms. The van der Waals surface area contributed by atoms with Crippen LogP contribution in [-0.4, -0.2) is 31.2 Å². The number of esters is 1. The van der Waals surface area contributed by atoms with Crippen molar-refractivity contribution >= 4 is 28.3 Å². The molecular formula is C24H25NO5. The van der Waals surface area contributed by atoms with E-state index in [2.05, 4.69) is 5.32 Å². The maximum Gasteiger partial charge on any atom is 0.339 e. The summed E-state index contributed by atoms with van der Waals surface area (Å²) in [5.41, 5.74) is 0.936. The molecule has 6 nitrogen and oxygen atoms in total. The van der Waals surface area contributed by atoms with Gasteiger partial charge in [0.1, 0.15) is 0 Å². The highest BCUT2D eigenvalue weighted by molar-refractivity contribution is 6.04. The molecule has 0 fully saturated rings. The van der Waals surface area contributed by atoms with E-state index in [1.54, 1.807) is 12.1 Å². The van der Waals surface area contributed by atoms with Gasteiger partial charge in [0.25, 0.3) is 5.91 Å². The minimum atomic E-state index is -0.978. The molecule has 0 aliphatic heterocycles. The SMILES string of the molecule is COc1cc(C(=O)OC(C)C(=O)Nc2cccc3ccccc23)ccc1OC(C)C. The van der Waals surface area contributed by atoms with Crippen molar-refractivity contribution < 1.29 is 23.8 Å². The third-order valence-electron chi connectivity index (χ3n) is 4.46. The van der Waals surface area contributed by atoms with Gasteiger partial charge in [0.2, 0.25) is 0 Å². The van der Waals surface area contributed by atoms with Crippen LogP contribution in [-0.2, 0) is 9.53 Å². The number of hydrogen-bond acceptors (Lipinski definition) is 5. The third-order valence-corrected chi connectivity index (χ3v) is 4.46. The van der Waals surface area contributed by atoms with Gasteiger partial charge in [0, 0.05) is 11.1 Å².